The minimum absolute atomic E-state index is 0.0834. The van der Waals surface area contributed by atoms with E-state index in [0.29, 0.717) is 0 Å². The monoisotopic (exact) mass is 304 g/mol. The van der Waals surface area contributed by atoms with Crippen molar-refractivity contribution in [3.63, 3.8) is 0 Å². The van der Waals surface area contributed by atoms with Crippen molar-refractivity contribution in [2.75, 3.05) is 7.11 Å². The van der Waals surface area contributed by atoms with E-state index in [4.69, 9.17) is 4.74 Å². The maximum absolute atomic E-state index is 12.8. The third-order valence-electron chi connectivity index (χ3n) is 3.00. The van der Waals surface area contributed by atoms with Crippen LogP contribution in [0.25, 0.3) is 0 Å². The maximum atomic E-state index is 12.8. The molecule has 0 aliphatic rings. The van der Waals surface area contributed by atoms with Gasteiger partial charge in [-0.05, 0) is 29.8 Å². The molecule has 0 spiro atoms. The number of ether oxygens (including phenoxy) is 1. The minimum Gasteiger partial charge on any atom is -0.490 e. The van der Waals surface area contributed by atoms with E-state index in [1.54, 1.807) is 12.1 Å². The maximum Gasteiger partial charge on any atom is 0.311 e. The molecule has 22 heavy (non-hydrogen) atoms. The second-order valence-electron chi connectivity index (χ2n) is 4.45. The number of hydrogen-bond donors (Lipinski definition) is 1. The third-order valence-corrected chi connectivity index (χ3v) is 3.00. The Labute approximate surface area is 125 Å². The van der Waals surface area contributed by atoms with Crippen molar-refractivity contribution in [3.05, 3.63) is 69.5 Å². The van der Waals surface area contributed by atoms with Crippen LogP contribution in [0, 0.1) is 15.9 Å². The number of nitrogens with one attached hydrogen (secondary N) is 1. The van der Waals surface area contributed by atoms with E-state index in [1.165, 1.54) is 31.4 Å². The van der Waals surface area contributed by atoms with Crippen LogP contribution in [0.15, 0.2) is 42.5 Å². The molecule has 6 nitrogen and oxygen atoms in total. The summed E-state index contributed by atoms with van der Waals surface area (Å²) in [6.45, 7) is 0.193. The van der Waals surface area contributed by atoms with Crippen molar-refractivity contribution in [2.45, 2.75) is 6.54 Å². The molecule has 0 aliphatic heterocycles. The first-order valence-corrected chi connectivity index (χ1v) is 6.36. The summed E-state index contributed by atoms with van der Waals surface area (Å²) in [6, 6.07) is 9.63. The molecule has 0 radical (unpaired) electrons. The van der Waals surface area contributed by atoms with Gasteiger partial charge in [-0.25, -0.2) is 4.39 Å². The summed E-state index contributed by atoms with van der Waals surface area (Å²) in [5, 5.41) is 13.5. The van der Waals surface area contributed by atoms with Crippen LogP contribution in [-0.4, -0.2) is 17.9 Å². The second-order valence-corrected chi connectivity index (χ2v) is 4.45. The molecule has 0 saturated carbocycles. The van der Waals surface area contributed by atoms with Crippen LogP contribution < -0.4 is 10.1 Å². The summed E-state index contributed by atoms with van der Waals surface area (Å²) >= 11 is 0. The van der Waals surface area contributed by atoms with E-state index in [9.17, 15) is 19.3 Å². The van der Waals surface area contributed by atoms with Crippen molar-refractivity contribution in [2.24, 2.45) is 0 Å². The molecule has 0 fully saturated rings. The molecule has 0 bridgehead atoms. The SMILES string of the molecule is COc1ccc(C(=O)NCc2ccc(F)cc2)cc1[N+](=O)[O-]. The van der Waals surface area contributed by atoms with Crippen molar-refractivity contribution < 1.29 is 18.8 Å². The van der Waals surface area contributed by atoms with Gasteiger partial charge < -0.3 is 10.1 Å². The molecule has 2 rings (SSSR count). The van der Waals surface area contributed by atoms with Crippen LogP contribution in [-0.2, 0) is 6.54 Å². The van der Waals surface area contributed by atoms with Gasteiger partial charge in [0.15, 0.2) is 5.75 Å². The molecule has 0 atom stereocenters. The highest BCUT2D eigenvalue weighted by atomic mass is 19.1. The fourth-order valence-corrected chi connectivity index (χ4v) is 1.86. The highest BCUT2D eigenvalue weighted by molar-refractivity contribution is 5.95. The molecular weight excluding hydrogens is 291 g/mol. The Hall–Kier alpha value is -2.96. The summed E-state index contributed by atoms with van der Waals surface area (Å²) in [6.07, 6.45) is 0. The topological polar surface area (TPSA) is 81.5 Å². The van der Waals surface area contributed by atoms with Gasteiger partial charge in [0, 0.05) is 18.2 Å². The number of amides is 1. The molecule has 1 amide bonds. The molecule has 0 aromatic heterocycles. The lowest BCUT2D eigenvalue weighted by atomic mass is 10.1. The van der Waals surface area contributed by atoms with Crippen LogP contribution >= 0.6 is 0 Å². The Kier molecular flexibility index (Phi) is 4.67. The van der Waals surface area contributed by atoms with Crippen LogP contribution in [0.3, 0.4) is 0 Å². The van der Waals surface area contributed by atoms with E-state index in [0.717, 1.165) is 11.6 Å². The van der Waals surface area contributed by atoms with Crippen LogP contribution in [0.2, 0.25) is 0 Å². The van der Waals surface area contributed by atoms with Gasteiger partial charge in [-0.3, -0.25) is 14.9 Å². The minimum atomic E-state index is -0.615. The first-order valence-electron chi connectivity index (χ1n) is 6.36. The van der Waals surface area contributed by atoms with Crippen molar-refractivity contribution in [1.82, 2.24) is 5.32 Å². The molecule has 0 saturated heterocycles. The van der Waals surface area contributed by atoms with Crippen LogP contribution in [0.1, 0.15) is 15.9 Å². The number of methoxy groups -OCH3 is 1. The van der Waals surface area contributed by atoms with Gasteiger partial charge in [-0.1, -0.05) is 12.1 Å². The van der Waals surface area contributed by atoms with Gasteiger partial charge in [0.25, 0.3) is 5.91 Å². The van der Waals surface area contributed by atoms with E-state index in [-0.39, 0.29) is 29.4 Å². The fourth-order valence-electron chi connectivity index (χ4n) is 1.86. The van der Waals surface area contributed by atoms with E-state index in [1.807, 2.05) is 0 Å². The second kappa shape index (κ2) is 6.66. The molecule has 0 aliphatic carbocycles. The fraction of sp³-hybridized carbons (Fsp3) is 0.133. The van der Waals surface area contributed by atoms with Crippen molar-refractivity contribution in [3.8, 4) is 5.75 Å². The van der Waals surface area contributed by atoms with E-state index < -0.39 is 10.8 Å². The highest BCUT2D eigenvalue weighted by Gasteiger charge is 2.17. The predicted molar refractivity (Wildman–Crippen MR) is 77.2 cm³/mol. The van der Waals surface area contributed by atoms with E-state index in [2.05, 4.69) is 5.32 Å². The average Bonchev–Trinajstić information content (AvgIpc) is 2.53. The number of nitro groups is 1. The molecule has 114 valence electrons. The van der Waals surface area contributed by atoms with Crippen molar-refractivity contribution >= 4 is 11.6 Å². The number of carbonyl (C=O) groups is 1. The summed E-state index contributed by atoms with van der Waals surface area (Å²) < 4.78 is 17.7. The Morgan fingerprint density at radius 1 is 1.27 bits per heavy atom. The zero-order valence-corrected chi connectivity index (χ0v) is 11.7. The van der Waals surface area contributed by atoms with Gasteiger partial charge in [-0.15, -0.1) is 0 Å². The Balaban J connectivity index is 2.10. The lowest BCUT2D eigenvalue weighted by molar-refractivity contribution is -0.385. The number of rotatable bonds is 5. The zero-order valence-electron chi connectivity index (χ0n) is 11.7. The van der Waals surface area contributed by atoms with Gasteiger partial charge in [-0.2, -0.15) is 0 Å². The summed E-state index contributed by atoms with van der Waals surface area (Å²) in [7, 11) is 1.32. The van der Waals surface area contributed by atoms with Crippen molar-refractivity contribution in [1.29, 1.82) is 0 Å². The van der Waals surface area contributed by atoms with Gasteiger partial charge >= 0.3 is 5.69 Å². The average molecular weight is 304 g/mol. The molecule has 0 heterocycles. The molecule has 0 unspecified atom stereocenters. The lowest BCUT2D eigenvalue weighted by Crippen LogP contribution is -2.22. The Morgan fingerprint density at radius 3 is 2.55 bits per heavy atom. The van der Waals surface area contributed by atoms with Gasteiger partial charge in [0.05, 0.1) is 12.0 Å². The molecule has 2 aromatic carbocycles. The largest absolute Gasteiger partial charge is 0.490 e. The molecule has 1 N–H and O–H groups in total. The zero-order chi connectivity index (χ0) is 16.1. The molecular formula is C15H13FN2O4. The first-order chi connectivity index (χ1) is 10.5. The first kappa shape index (κ1) is 15.4. The summed E-state index contributed by atoms with van der Waals surface area (Å²) in [5.74, 6) is -0.740. The lowest BCUT2D eigenvalue weighted by Gasteiger charge is -2.07. The van der Waals surface area contributed by atoms with Gasteiger partial charge in [0.2, 0.25) is 0 Å². The number of hydrogen-bond acceptors (Lipinski definition) is 4. The Morgan fingerprint density at radius 2 is 1.95 bits per heavy atom. The predicted octanol–water partition coefficient (Wildman–Crippen LogP) is 2.67. The third kappa shape index (κ3) is 3.57. The number of carbonyl (C=O) groups excluding carboxylic acids is 1. The Bertz CT molecular complexity index is 701. The number of nitro benzene ring substituents is 1. The number of halogens is 1. The summed E-state index contributed by atoms with van der Waals surface area (Å²) in [5.41, 5.74) is 0.587. The number of benzene rings is 2. The quantitative estimate of drug-likeness (QED) is 0.680. The normalized spacial score (nSPS) is 10.1. The molecule has 7 heteroatoms. The summed E-state index contributed by atoms with van der Waals surface area (Å²) in [4.78, 5) is 22.3. The smallest absolute Gasteiger partial charge is 0.311 e. The van der Waals surface area contributed by atoms with Crippen LogP contribution in [0.4, 0.5) is 10.1 Å². The van der Waals surface area contributed by atoms with Crippen LogP contribution in [0.5, 0.6) is 5.75 Å². The standard InChI is InChI=1S/C15H13FN2O4/c1-22-14-7-4-11(8-13(14)18(20)21)15(19)17-9-10-2-5-12(16)6-3-10/h2-8H,9H2,1H3,(H,17,19). The van der Waals surface area contributed by atoms with E-state index >= 15 is 0 Å². The number of nitrogens with zero attached hydrogens (tertiary/aromatic N) is 1. The van der Waals surface area contributed by atoms with Gasteiger partial charge in [0.1, 0.15) is 5.82 Å². The highest BCUT2D eigenvalue weighted by Crippen LogP contribution is 2.27. The molecule has 2 aromatic rings.